The minimum absolute atomic E-state index is 0.0298. The molecule has 3 heterocycles. The number of anilines is 2. The molecule has 10 nitrogen and oxygen atoms in total. The number of carbonyl (C=O) groups is 3. The summed E-state index contributed by atoms with van der Waals surface area (Å²) in [5.41, 5.74) is 6.57. The number of primary amides is 1. The molecule has 0 fully saturated rings. The zero-order valence-corrected chi connectivity index (χ0v) is 13.3. The maximum atomic E-state index is 12.4. The Hall–Kier alpha value is -3.43. The van der Waals surface area contributed by atoms with Crippen molar-refractivity contribution in [1.29, 1.82) is 0 Å². The van der Waals surface area contributed by atoms with Crippen LogP contribution in [0.25, 0.3) is 0 Å². The second kappa shape index (κ2) is 6.99. The minimum Gasteiger partial charge on any atom is -0.370 e. The van der Waals surface area contributed by atoms with E-state index < -0.39 is 17.7 Å². The standard InChI is InChI=1S/C15H17N7O3/c16-11(23)7-19-15(25)12-10(6-20-22-12)21-14(24)9-4-8-2-1-3-17-13(8)18-5-9/h4-6H,1-3,7H2,(H2,16,23)(H,17,18)(H,19,25)(H,20,22)(H,21,24). The smallest absolute Gasteiger partial charge is 0.271 e. The number of hydrogen-bond acceptors (Lipinski definition) is 6. The number of carbonyl (C=O) groups excluding carboxylic acids is 3. The van der Waals surface area contributed by atoms with Crippen LogP contribution in [-0.2, 0) is 11.2 Å². The molecular formula is C15H17N7O3. The van der Waals surface area contributed by atoms with Crippen LogP contribution in [0, 0.1) is 0 Å². The van der Waals surface area contributed by atoms with E-state index in [9.17, 15) is 14.4 Å². The Bertz CT molecular complexity index is 830. The highest BCUT2D eigenvalue weighted by atomic mass is 16.2. The first-order chi connectivity index (χ1) is 12.0. The van der Waals surface area contributed by atoms with Crippen molar-refractivity contribution in [2.24, 2.45) is 5.73 Å². The van der Waals surface area contributed by atoms with Gasteiger partial charge >= 0.3 is 0 Å². The van der Waals surface area contributed by atoms with Crippen molar-refractivity contribution in [3.63, 3.8) is 0 Å². The van der Waals surface area contributed by atoms with E-state index in [1.54, 1.807) is 6.07 Å². The zero-order chi connectivity index (χ0) is 17.8. The molecule has 0 radical (unpaired) electrons. The summed E-state index contributed by atoms with van der Waals surface area (Å²) in [5.74, 6) is -0.893. The monoisotopic (exact) mass is 343 g/mol. The van der Waals surface area contributed by atoms with Gasteiger partial charge in [0, 0.05) is 12.7 Å². The van der Waals surface area contributed by atoms with E-state index in [1.165, 1.54) is 12.4 Å². The third-order valence-electron chi connectivity index (χ3n) is 3.68. The number of pyridine rings is 1. The maximum Gasteiger partial charge on any atom is 0.271 e. The van der Waals surface area contributed by atoms with Crippen molar-refractivity contribution < 1.29 is 14.4 Å². The fraction of sp³-hybridized carbons (Fsp3) is 0.267. The fourth-order valence-electron chi connectivity index (χ4n) is 2.47. The van der Waals surface area contributed by atoms with Gasteiger partial charge in [0.05, 0.1) is 24.0 Å². The largest absolute Gasteiger partial charge is 0.370 e. The Balaban J connectivity index is 1.72. The molecule has 0 atom stereocenters. The SMILES string of the molecule is NC(=O)CNC(=O)c1[nH]ncc1NC(=O)c1cnc2c(c1)CCCN2. The van der Waals surface area contributed by atoms with Crippen LogP contribution in [0.1, 0.15) is 32.8 Å². The highest BCUT2D eigenvalue weighted by Crippen LogP contribution is 2.21. The van der Waals surface area contributed by atoms with Crippen LogP contribution < -0.4 is 21.7 Å². The lowest BCUT2D eigenvalue weighted by Gasteiger charge is -2.17. The molecule has 2 aromatic heterocycles. The van der Waals surface area contributed by atoms with Gasteiger partial charge in [-0.05, 0) is 24.5 Å². The van der Waals surface area contributed by atoms with Gasteiger partial charge in [-0.15, -0.1) is 0 Å². The molecule has 3 amide bonds. The van der Waals surface area contributed by atoms with E-state index in [4.69, 9.17) is 5.73 Å². The van der Waals surface area contributed by atoms with Crippen molar-refractivity contribution >= 4 is 29.2 Å². The van der Waals surface area contributed by atoms with Crippen LogP contribution in [0.4, 0.5) is 11.5 Å². The molecule has 0 aromatic carbocycles. The van der Waals surface area contributed by atoms with Crippen molar-refractivity contribution in [1.82, 2.24) is 20.5 Å². The molecule has 3 rings (SSSR count). The summed E-state index contributed by atoms with van der Waals surface area (Å²) in [7, 11) is 0. The topological polar surface area (TPSA) is 155 Å². The first-order valence-electron chi connectivity index (χ1n) is 7.68. The van der Waals surface area contributed by atoms with E-state index in [-0.39, 0.29) is 17.9 Å². The van der Waals surface area contributed by atoms with E-state index in [1.807, 2.05) is 0 Å². The van der Waals surface area contributed by atoms with Gasteiger partial charge in [0.1, 0.15) is 11.5 Å². The minimum atomic E-state index is -0.674. The molecule has 0 saturated heterocycles. The molecule has 0 unspecified atom stereocenters. The molecule has 0 aliphatic carbocycles. The predicted molar refractivity (Wildman–Crippen MR) is 89.1 cm³/mol. The third-order valence-corrected chi connectivity index (χ3v) is 3.68. The van der Waals surface area contributed by atoms with Crippen LogP contribution in [0.15, 0.2) is 18.5 Å². The molecule has 10 heteroatoms. The van der Waals surface area contributed by atoms with Crippen LogP contribution in [-0.4, -0.2) is 46.0 Å². The Labute approximate surface area is 142 Å². The Morgan fingerprint density at radius 1 is 1.24 bits per heavy atom. The zero-order valence-electron chi connectivity index (χ0n) is 13.3. The molecular weight excluding hydrogens is 326 g/mol. The second-order valence-corrected chi connectivity index (χ2v) is 5.52. The average Bonchev–Trinajstić information content (AvgIpc) is 3.07. The number of hydrogen-bond donors (Lipinski definition) is 5. The first kappa shape index (κ1) is 16.4. The van der Waals surface area contributed by atoms with E-state index in [0.717, 1.165) is 30.8 Å². The molecule has 0 saturated carbocycles. The average molecular weight is 343 g/mol. The number of rotatable bonds is 5. The van der Waals surface area contributed by atoms with Gasteiger partial charge in [0.2, 0.25) is 5.91 Å². The predicted octanol–water partition coefficient (Wildman–Crippen LogP) is -0.370. The number of amides is 3. The number of nitrogens with two attached hydrogens (primary N) is 1. The van der Waals surface area contributed by atoms with Gasteiger partial charge in [0.15, 0.2) is 0 Å². The lowest BCUT2D eigenvalue weighted by atomic mass is 10.1. The number of H-pyrrole nitrogens is 1. The normalized spacial score (nSPS) is 12.6. The van der Waals surface area contributed by atoms with Crippen molar-refractivity contribution in [2.75, 3.05) is 23.7 Å². The van der Waals surface area contributed by atoms with Crippen LogP contribution >= 0.6 is 0 Å². The Morgan fingerprint density at radius 2 is 2.08 bits per heavy atom. The van der Waals surface area contributed by atoms with Crippen molar-refractivity contribution in [3.8, 4) is 0 Å². The van der Waals surface area contributed by atoms with Gasteiger partial charge in [-0.2, -0.15) is 5.10 Å². The summed E-state index contributed by atoms with van der Waals surface area (Å²) in [6.07, 6.45) is 4.61. The highest BCUT2D eigenvalue weighted by molar-refractivity contribution is 6.08. The fourth-order valence-corrected chi connectivity index (χ4v) is 2.47. The van der Waals surface area contributed by atoms with Crippen LogP contribution in [0.2, 0.25) is 0 Å². The van der Waals surface area contributed by atoms with Crippen molar-refractivity contribution in [3.05, 3.63) is 35.3 Å². The molecule has 6 N–H and O–H groups in total. The quantitative estimate of drug-likeness (QED) is 0.499. The molecule has 0 bridgehead atoms. The third kappa shape index (κ3) is 3.74. The number of nitrogens with one attached hydrogen (secondary N) is 4. The van der Waals surface area contributed by atoms with Gasteiger partial charge < -0.3 is 21.7 Å². The maximum absolute atomic E-state index is 12.4. The summed E-state index contributed by atoms with van der Waals surface area (Å²) < 4.78 is 0. The van der Waals surface area contributed by atoms with Gasteiger partial charge in [-0.25, -0.2) is 4.98 Å². The second-order valence-electron chi connectivity index (χ2n) is 5.52. The Kier molecular flexibility index (Phi) is 4.59. The summed E-state index contributed by atoms with van der Waals surface area (Å²) in [5, 5.41) is 14.3. The van der Waals surface area contributed by atoms with Gasteiger partial charge in [-0.3, -0.25) is 19.5 Å². The van der Waals surface area contributed by atoms with Gasteiger partial charge in [-0.1, -0.05) is 0 Å². The Morgan fingerprint density at radius 3 is 2.88 bits per heavy atom. The summed E-state index contributed by atoms with van der Waals surface area (Å²) >= 11 is 0. The molecule has 2 aromatic rings. The molecule has 130 valence electrons. The number of aryl methyl sites for hydroxylation is 1. The summed E-state index contributed by atoms with van der Waals surface area (Å²) in [4.78, 5) is 39.4. The molecule has 1 aliphatic heterocycles. The number of fused-ring (bicyclic) bond motifs is 1. The summed E-state index contributed by atoms with van der Waals surface area (Å²) in [6.45, 7) is 0.553. The lowest BCUT2D eigenvalue weighted by molar-refractivity contribution is -0.117. The van der Waals surface area contributed by atoms with E-state index in [0.29, 0.717) is 5.56 Å². The van der Waals surface area contributed by atoms with Crippen LogP contribution in [0.3, 0.4) is 0 Å². The highest BCUT2D eigenvalue weighted by Gasteiger charge is 2.18. The number of aromatic amines is 1. The van der Waals surface area contributed by atoms with Gasteiger partial charge in [0.25, 0.3) is 11.8 Å². The lowest BCUT2D eigenvalue weighted by Crippen LogP contribution is -2.34. The summed E-state index contributed by atoms with van der Waals surface area (Å²) in [6, 6.07) is 1.77. The molecule has 1 aliphatic rings. The van der Waals surface area contributed by atoms with Crippen LogP contribution in [0.5, 0.6) is 0 Å². The van der Waals surface area contributed by atoms with E-state index >= 15 is 0 Å². The first-order valence-corrected chi connectivity index (χ1v) is 7.68. The van der Waals surface area contributed by atoms with Crippen molar-refractivity contribution in [2.45, 2.75) is 12.8 Å². The molecule has 25 heavy (non-hydrogen) atoms. The number of aromatic nitrogens is 3. The molecule has 0 spiro atoms. The van der Waals surface area contributed by atoms with E-state index in [2.05, 4.69) is 31.1 Å². The number of nitrogens with zero attached hydrogens (tertiary/aromatic N) is 2.